The molecule has 0 aliphatic heterocycles. The number of carbonyl (C=O) groups is 1. The third kappa shape index (κ3) is 4.49. The Hall–Kier alpha value is -0.620. The van der Waals surface area contributed by atoms with Gasteiger partial charge in [0.05, 0.1) is 6.26 Å². The van der Waals surface area contributed by atoms with Gasteiger partial charge in [-0.1, -0.05) is 6.92 Å². The van der Waals surface area contributed by atoms with E-state index in [4.69, 9.17) is 0 Å². The standard InChI is InChI=1S/C10H20N2O3S/c1-3-4-10(13)11-7-8-12(9-5-6-9)16(2,14)15/h9H,3-8H2,1-2H3,(H,11,13). The zero-order valence-electron chi connectivity index (χ0n) is 9.90. The molecule has 16 heavy (non-hydrogen) atoms. The highest BCUT2D eigenvalue weighted by Gasteiger charge is 2.34. The van der Waals surface area contributed by atoms with Crippen molar-refractivity contribution < 1.29 is 13.2 Å². The van der Waals surface area contributed by atoms with Crippen LogP contribution in [0.2, 0.25) is 0 Å². The predicted octanol–water partition coefficient (Wildman–Crippen LogP) is 0.327. The highest BCUT2D eigenvalue weighted by atomic mass is 32.2. The lowest BCUT2D eigenvalue weighted by atomic mass is 10.3. The van der Waals surface area contributed by atoms with Crippen molar-refractivity contribution in [3.05, 3.63) is 0 Å². The van der Waals surface area contributed by atoms with Crippen molar-refractivity contribution in [1.29, 1.82) is 0 Å². The highest BCUT2D eigenvalue weighted by Crippen LogP contribution is 2.28. The van der Waals surface area contributed by atoms with Gasteiger partial charge in [-0.3, -0.25) is 4.79 Å². The Bertz CT molecular complexity index is 336. The van der Waals surface area contributed by atoms with E-state index < -0.39 is 10.0 Å². The van der Waals surface area contributed by atoms with E-state index >= 15 is 0 Å². The summed E-state index contributed by atoms with van der Waals surface area (Å²) in [6.45, 7) is 2.73. The van der Waals surface area contributed by atoms with Crippen molar-refractivity contribution in [3.63, 3.8) is 0 Å². The van der Waals surface area contributed by atoms with E-state index in [0.29, 0.717) is 19.5 Å². The van der Waals surface area contributed by atoms with Crippen LogP contribution in [-0.4, -0.2) is 44.0 Å². The summed E-state index contributed by atoms with van der Waals surface area (Å²) in [6.07, 6.45) is 4.41. The normalized spacial score (nSPS) is 16.4. The minimum Gasteiger partial charge on any atom is -0.355 e. The smallest absolute Gasteiger partial charge is 0.220 e. The van der Waals surface area contributed by atoms with E-state index in [9.17, 15) is 13.2 Å². The molecule has 0 atom stereocenters. The molecule has 1 amide bonds. The summed E-state index contributed by atoms with van der Waals surface area (Å²) in [5.74, 6) is -0.00764. The lowest BCUT2D eigenvalue weighted by molar-refractivity contribution is -0.121. The van der Waals surface area contributed by atoms with Crippen molar-refractivity contribution in [1.82, 2.24) is 9.62 Å². The Morgan fingerprint density at radius 1 is 1.44 bits per heavy atom. The van der Waals surface area contributed by atoms with E-state index in [2.05, 4.69) is 5.32 Å². The van der Waals surface area contributed by atoms with Gasteiger partial charge in [0, 0.05) is 25.6 Å². The van der Waals surface area contributed by atoms with Crippen LogP contribution in [0.15, 0.2) is 0 Å². The van der Waals surface area contributed by atoms with Crippen molar-refractivity contribution in [2.24, 2.45) is 0 Å². The number of sulfonamides is 1. The number of nitrogens with one attached hydrogen (secondary N) is 1. The second-order valence-corrected chi connectivity index (χ2v) is 6.14. The fraction of sp³-hybridized carbons (Fsp3) is 0.900. The predicted molar refractivity (Wildman–Crippen MR) is 62.5 cm³/mol. The van der Waals surface area contributed by atoms with Crippen LogP contribution in [0, 0.1) is 0 Å². The lowest BCUT2D eigenvalue weighted by Crippen LogP contribution is -2.39. The number of amides is 1. The topological polar surface area (TPSA) is 66.5 Å². The summed E-state index contributed by atoms with van der Waals surface area (Å²) in [7, 11) is -3.13. The lowest BCUT2D eigenvalue weighted by Gasteiger charge is -2.19. The third-order valence-corrected chi connectivity index (χ3v) is 3.84. The van der Waals surface area contributed by atoms with Gasteiger partial charge in [0.1, 0.15) is 0 Å². The van der Waals surface area contributed by atoms with Crippen LogP contribution in [0.3, 0.4) is 0 Å². The summed E-state index contributed by atoms with van der Waals surface area (Å²) in [6, 6.07) is 0.165. The largest absolute Gasteiger partial charge is 0.355 e. The van der Waals surface area contributed by atoms with Crippen LogP contribution in [0.4, 0.5) is 0 Å². The number of rotatable bonds is 7. The average molecular weight is 248 g/mol. The quantitative estimate of drug-likeness (QED) is 0.706. The molecule has 0 aromatic heterocycles. The Labute approximate surface area is 97.2 Å². The van der Waals surface area contributed by atoms with Gasteiger partial charge < -0.3 is 5.32 Å². The monoisotopic (exact) mass is 248 g/mol. The van der Waals surface area contributed by atoms with Gasteiger partial charge in [0.25, 0.3) is 0 Å². The molecule has 0 saturated heterocycles. The average Bonchev–Trinajstić information content (AvgIpc) is 2.94. The molecule has 1 aliphatic carbocycles. The number of carbonyl (C=O) groups excluding carboxylic acids is 1. The second-order valence-electron chi connectivity index (χ2n) is 4.20. The molecule has 0 bridgehead atoms. The SMILES string of the molecule is CCCC(=O)NCCN(C1CC1)S(C)(=O)=O. The summed E-state index contributed by atoms with van der Waals surface area (Å²) in [5.41, 5.74) is 0. The minimum absolute atomic E-state index is 0.00764. The molecular formula is C10H20N2O3S. The first-order valence-electron chi connectivity index (χ1n) is 5.68. The Kier molecular flexibility index (Phi) is 4.73. The Balaban J connectivity index is 2.31. The molecule has 0 unspecified atom stereocenters. The maximum atomic E-state index is 11.4. The first kappa shape index (κ1) is 13.4. The first-order chi connectivity index (χ1) is 7.45. The number of hydrogen-bond acceptors (Lipinski definition) is 3. The van der Waals surface area contributed by atoms with E-state index in [0.717, 1.165) is 19.3 Å². The summed E-state index contributed by atoms with van der Waals surface area (Å²) >= 11 is 0. The maximum Gasteiger partial charge on any atom is 0.220 e. The van der Waals surface area contributed by atoms with Crippen LogP contribution in [0.25, 0.3) is 0 Å². The van der Waals surface area contributed by atoms with Gasteiger partial charge in [0.2, 0.25) is 15.9 Å². The van der Waals surface area contributed by atoms with E-state index in [-0.39, 0.29) is 11.9 Å². The molecule has 0 heterocycles. The molecule has 5 nitrogen and oxygen atoms in total. The fourth-order valence-electron chi connectivity index (χ4n) is 1.60. The van der Waals surface area contributed by atoms with Crippen molar-refractivity contribution >= 4 is 15.9 Å². The van der Waals surface area contributed by atoms with E-state index in [1.165, 1.54) is 10.6 Å². The molecule has 1 fully saturated rings. The van der Waals surface area contributed by atoms with Crippen molar-refractivity contribution in [2.75, 3.05) is 19.3 Å². The maximum absolute atomic E-state index is 11.4. The highest BCUT2D eigenvalue weighted by molar-refractivity contribution is 7.88. The summed E-state index contributed by atoms with van der Waals surface area (Å²) in [5, 5.41) is 2.72. The van der Waals surface area contributed by atoms with Gasteiger partial charge in [0.15, 0.2) is 0 Å². The van der Waals surface area contributed by atoms with Gasteiger partial charge in [-0.25, -0.2) is 8.42 Å². The molecule has 94 valence electrons. The first-order valence-corrected chi connectivity index (χ1v) is 7.53. The molecule has 0 aromatic rings. The molecular weight excluding hydrogens is 228 g/mol. The molecule has 1 aliphatic rings. The molecule has 1 rings (SSSR count). The van der Waals surface area contributed by atoms with E-state index in [1.54, 1.807) is 0 Å². The zero-order chi connectivity index (χ0) is 12.2. The zero-order valence-corrected chi connectivity index (χ0v) is 10.7. The van der Waals surface area contributed by atoms with Gasteiger partial charge in [-0.2, -0.15) is 4.31 Å². The number of nitrogens with zero attached hydrogens (tertiary/aromatic N) is 1. The summed E-state index contributed by atoms with van der Waals surface area (Å²) in [4.78, 5) is 11.2. The van der Waals surface area contributed by atoms with Crippen LogP contribution >= 0.6 is 0 Å². The Morgan fingerprint density at radius 3 is 2.50 bits per heavy atom. The van der Waals surface area contributed by atoms with Gasteiger partial charge in [-0.15, -0.1) is 0 Å². The van der Waals surface area contributed by atoms with E-state index in [1.807, 2.05) is 6.92 Å². The molecule has 6 heteroatoms. The van der Waals surface area contributed by atoms with Crippen LogP contribution < -0.4 is 5.32 Å². The van der Waals surface area contributed by atoms with Gasteiger partial charge >= 0.3 is 0 Å². The molecule has 0 spiro atoms. The second kappa shape index (κ2) is 5.63. The molecule has 1 N–H and O–H groups in total. The van der Waals surface area contributed by atoms with Crippen molar-refractivity contribution in [2.45, 2.75) is 38.6 Å². The summed E-state index contributed by atoms with van der Waals surface area (Å²) < 4.78 is 24.3. The van der Waals surface area contributed by atoms with Crippen molar-refractivity contribution in [3.8, 4) is 0 Å². The molecule has 1 saturated carbocycles. The fourth-order valence-corrected chi connectivity index (χ4v) is 2.78. The molecule has 0 radical (unpaired) electrons. The number of hydrogen-bond donors (Lipinski definition) is 1. The molecule has 0 aromatic carbocycles. The van der Waals surface area contributed by atoms with Crippen LogP contribution in [0.1, 0.15) is 32.6 Å². The van der Waals surface area contributed by atoms with Crippen LogP contribution in [-0.2, 0) is 14.8 Å². The van der Waals surface area contributed by atoms with Crippen LogP contribution in [0.5, 0.6) is 0 Å². The van der Waals surface area contributed by atoms with Gasteiger partial charge in [-0.05, 0) is 19.3 Å². The Morgan fingerprint density at radius 2 is 2.06 bits per heavy atom. The third-order valence-electron chi connectivity index (χ3n) is 2.51. The minimum atomic E-state index is -3.13.